The molecule has 17 heavy (non-hydrogen) atoms. The lowest BCUT2D eigenvalue weighted by Crippen LogP contribution is -2.37. The molecule has 0 bridgehead atoms. The summed E-state index contributed by atoms with van der Waals surface area (Å²) in [4.78, 5) is 11.4. The standard InChI is InChI=1S/C13H22N2O2/c1-11(2)9-12(10-16)14-6-8-15-7-4-3-5-13(15)17/h3-5,7,11-12,14,16H,6,8-10H2,1-2H3. The summed E-state index contributed by atoms with van der Waals surface area (Å²) in [6.07, 6.45) is 2.72. The van der Waals surface area contributed by atoms with E-state index in [1.165, 1.54) is 0 Å². The maximum absolute atomic E-state index is 11.4. The van der Waals surface area contributed by atoms with Crippen LogP contribution >= 0.6 is 0 Å². The first-order valence-electron chi connectivity index (χ1n) is 6.13. The van der Waals surface area contributed by atoms with E-state index in [0.717, 1.165) is 6.42 Å². The molecule has 0 amide bonds. The number of hydrogen-bond acceptors (Lipinski definition) is 3. The number of aromatic nitrogens is 1. The average molecular weight is 238 g/mol. The summed E-state index contributed by atoms with van der Waals surface area (Å²) in [6, 6.07) is 5.26. The number of aliphatic hydroxyl groups excluding tert-OH is 1. The Labute approximate surface area is 102 Å². The molecule has 0 saturated heterocycles. The minimum absolute atomic E-state index is 0.0127. The lowest BCUT2D eigenvalue weighted by atomic mass is 10.0. The first-order chi connectivity index (χ1) is 8.13. The lowest BCUT2D eigenvalue weighted by molar-refractivity contribution is 0.223. The van der Waals surface area contributed by atoms with E-state index in [2.05, 4.69) is 19.2 Å². The number of rotatable bonds is 7. The molecule has 2 N–H and O–H groups in total. The molecule has 0 aliphatic carbocycles. The molecule has 0 aromatic carbocycles. The Morgan fingerprint density at radius 2 is 2.18 bits per heavy atom. The maximum atomic E-state index is 11.4. The molecule has 0 aliphatic rings. The van der Waals surface area contributed by atoms with E-state index in [9.17, 15) is 9.90 Å². The van der Waals surface area contributed by atoms with Crippen LogP contribution in [0.5, 0.6) is 0 Å². The molecule has 0 radical (unpaired) electrons. The van der Waals surface area contributed by atoms with E-state index in [1.54, 1.807) is 22.9 Å². The Kier molecular flexibility index (Phi) is 5.94. The van der Waals surface area contributed by atoms with Gasteiger partial charge < -0.3 is 15.0 Å². The molecule has 1 rings (SSSR count). The summed E-state index contributed by atoms with van der Waals surface area (Å²) in [5.41, 5.74) is 0.0127. The van der Waals surface area contributed by atoms with Crippen molar-refractivity contribution in [1.82, 2.24) is 9.88 Å². The highest BCUT2D eigenvalue weighted by Crippen LogP contribution is 2.03. The van der Waals surface area contributed by atoms with Crippen LogP contribution in [0.2, 0.25) is 0 Å². The van der Waals surface area contributed by atoms with Gasteiger partial charge in [-0.15, -0.1) is 0 Å². The molecule has 1 aromatic heterocycles. The molecule has 1 heterocycles. The van der Waals surface area contributed by atoms with Gasteiger partial charge in [-0.25, -0.2) is 0 Å². The smallest absolute Gasteiger partial charge is 0.250 e. The SMILES string of the molecule is CC(C)CC(CO)NCCn1ccccc1=O. The second kappa shape index (κ2) is 7.25. The van der Waals surface area contributed by atoms with Crippen LogP contribution in [0.15, 0.2) is 29.2 Å². The molecular weight excluding hydrogens is 216 g/mol. The van der Waals surface area contributed by atoms with Crippen molar-refractivity contribution in [2.75, 3.05) is 13.2 Å². The third-order valence-corrected chi connectivity index (χ3v) is 2.66. The van der Waals surface area contributed by atoms with Gasteiger partial charge in [0, 0.05) is 31.4 Å². The number of hydrogen-bond donors (Lipinski definition) is 2. The summed E-state index contributed by atoms with van der Waals surface area (Å²) in [5, 5.41) is 12.5. The second-order valence-electron chi connectivity index (χ2n) is 4.70. The Balaban J connectivity index is 2.36. The maximum Gasteiger partial charge on any atom is 0.250 e. The van der Waals surface area contributed by atoms with Crippen molar-refractivity contribution in [3.05, 3.63) is 34.7 Å². The van der Waals surface area contributed by atoms with Gasteiger partial charge >= 0.3 is 0 Å². The summed E-state index contributed by atoms with van der Waals surface area (Å²) in [6.45, 7) is 5.73. The van der Waals surface area contributed by atoms with Crippen molar-refractivity contribution < 1.29 is 5.11 Å². The zero-order valence-corrected chi connectivity index (χ0v) is 10.6. The molecule has 4 heteroatoms. The fourth-order valence-electron chi connectivity index (χ4n) is 1.83. The first kappa shape index (κ1) is 13.9. The Hall–Kier alpha value is -1.13. The summed E-state index contributed by atoms with van der Waals surface area (Å²) in [7, 11) is 0. The third kappa shape index (κ3) is 5.15. The van der Waals surface area contributed by atoms with Crippen LogP contribution < -0.4 is 10.9 Å². The van der Waals surface area contributed by atoms with Crippen molar-refractivity contribution in [2.24, 2.45) is 5.92 Å². The summed E-state index contributed by atoms with van der Waals surface area (Å²) in [5.74, 6) is 0.555. The van der Waals surface area contributed by atoms with Crippen LogP contribution in [0.3, 0.4) is 0 Å². The molecule has 96 valence electrons. The molecule has 0 saturated carbocycles. The molecule has 4 nitrogen and oxygen atoms in total. The third-order valence-electron chi connectivity index (χ3n) is 2.66. The summed E-state index contributed by atoms with van der Waals surface area (Å²) >= 11 is 0. The predicted octanol–water partition coefficient (Wildman–Crippen LogP) is 0.845. The van der Waals surface area contributed by atoms with E-state index in [0.29, 0.717) is 19.0 Å². The van der Waals surface area contributed by atoms with Gasteiger partial charge in [-0.1, -0.05) is 19.9 Å². The lowest BCUT2D eigenvalue weighted by Gasteiger charge is -2.18. The van der Waals surface area contributed by atoms with Crippen LogP contribution in [-0.4, -0.2) is 28.9 Å². The number of nitrogens with zero attached hydrogens (tertiary/aromatic N) is 1. The molecule has 0 aliphatic heterocycles. The highest BCUT2D eigenvalue weighted by Gasteiger charge is 2.08. The predicted molar refractivity (Wildman–Crippen MR) is 69.0 cm³/mol. The number of nitrogens with one attached hydrogen (secondary N) is 1. The van der Waals surface area contributed by atoms with Crippen LogP contribution in [0.25, 0.3) is 0 Å². The van der Waals surface area contributed by atoms with Gasteiger partial charge in [-0.2, -0.15) is 0 Å². The van der Waals surface area contributed by atoms with E-state index in [1.807, 2.05) is 6.07 Å². The monoisotopic (exact) mass is 238 g/mol. The van der Waals surface area contributed by atoms with Crippen LogP contribution in [0, 0.1) is 5.92 Å². The van der Waals surface area contributed by atoms with Gasteiger partial charge in [0.2, 0.25) is 0 Å². The van der Waals surface area contributed by atoms with E-state index in [-0.39, 0.29) is 18.2 Å². The average Bonchev–Trinajstić information content (AvgIpc) is 2.29. The minimum Gasteiger partial charge on any atom is -0.395 e. The first-order valence-corrected chi connectivity index (χ1v) is 6.13. The van der Waals surface area contributed by atoms with Crippen LogP contribution in [-0.2, 0) is 6.54 Å². The minimum atomic E-state index is 0.0127. The van der Waals surface area contributed by atoms with Crippen molar-refractivity contribution in [3.8, 4) is 0 Å². The van der Waals surface area contributed by atoms with E-state index < -0.39 is 0 Å². The zero-order valence-electron chi connectivity index (χ0n) is 10.6. The Bertz CT molecular complexity index is 374. The van der Waals surface area contributed by atoms with Crippen molar-refractivity contribution in [3.63, 3.8) is 0 Å². The van der Waals surface area contributed by atoms with Crippen LogP contribution in [0.1, 0.15) is 20.3 Å². The van der Waals surface area contributed by atoms with Gasteiger partial charge in [0.1, 0.15) is 0 Å². The fraction of sp³-hybridized carbons (Fsp3) is 0.615. The van der Waals surface area contributed by atoms with Crippen molar-refractivity contribution in [2.45, 2.75) is 32.9 Å². The Morgan fingerprint density at radius 1 is 1.41 bits per heavy atom. The highest BCUT2D eigenvalue weighted by molar-refractivity contribution is 4.93. The van der Waals surface area contributed by atoms with Crippen molar-refractivity contribution in [1.29, 1.82) is 0 Å². The molecule has 1 unspecified atom stereocenters. The van der Waals surface area contributed by atoms with Gasteiger partial charge in [-0.05, 0) is 18.4 Å². The topological polar surface area (TPSA) is 54.3 Å². The van der Waals surface area contributed by atoms with Gasteiger partial charge in [0.15, 0.2) is 0 Å². The summed E-state index contributed by atoms with van der Waals surface area (Å²) < 4.78 is 1.66. The fourth-order valence-corrected chi connectivity index (χ4v) is 1.83. The zero-order chi connectivity index (χ0) is 12.7. The largest absolute Gasteiger partial charge is 0.395 e. The molecule has 0 spiro atoms. The van der Waals surface area contributed by atoms with Gasteiger partial charge in [-0.3, -0.25) is 4.79 Å². The van der Waals surface area contributed by atoms with E-state index in [4.69, 9.17) is 0 Å². The van der Waals surface area contributed by atoms with Gasteiger partial charge in [0.05, 0.1) is 6.61 Å². The van der Waals surface area contributed by atoms with E-state index >= 15 is 0 Å². The second-order valence-corrected chi connectivity index (χ2v) is 4.70. The van der Waals surface area contributed by atoms with Crippen LogP contribution in [0.4, 0.5) is 0 Å². The number of aliphatic hydroxyl groups is 1. The molecule has 0 fully saturated rings. The highest BCUT2D eigenvalue weighted by atomic mass is 16.3. The molecule has 1 atom stereocenters. The Morgan fingerprint density at radius 3 is 2.76 bits per heavy atom. The van der Waals surface area contributed by atoms with Crippen molar-refractivity contribution >= 4 is 0 Å². The molecular formula is C13H22N2O2. The van der Waals surface area contributed by atoms with Gasteiger partial charge in [0.25, 0.3) is 5.56 Å². The quantitative estimate of drug-likeness (QED) is 0.740. The molecule has 1 aromatic rings. The normalized spacial score (nSPS) is 12.9. The number of pyridine rings is 1.